The van der Waals surface area contributed by atoms with Crippen LogP contribution < -0.4 is 0 Å². The monoisotopic (exact) mass is 231 g/mol. The minimum absolute atomic E-state index is 0.397. The van der Waals surface area contributed by atoms with Crippen LogP contribution in [0.3, 0.4) is 0 Å². The Morgan fingerprint density at radius 1 is 1.50 bits per heavy atom. The molecule has 0 aromatic carbocycles. The first kappa shape index (κ1) is 14.2. The van der Waals surface area contributed by atoms with E-state index in [0.717, 1.165) is 13.0 Å². The summed E-state index contributed by atoms with van der Waals surface area (Å²) in [6.07, 6.45) is 6.65. The van der Waals surface area contributed by atoms with Crippen LogP contribution in [0.1, 0.15) is 34.1 Å². The zero-order chi connectivity index (χ0) is 11.0. The first-order valence-corrected chi connectivity index (χ1v) is 7.57. The molecule has 0 amide bonds. The van der Waals surface area contributed by atoms with Gasteiger partial charge >= 0.3 is 0 Å². The molecular weight excluding hydrogens is 210 g/mol. The lowest BCUT2D eigenvalue weighted by Crippen LogP contribution is -1.99. The normalized spacial score (nSPS) is 14.2. The van der Waals surface area contributed by atoms with Gasteiger partial charge in [-0.2, -0.15) is 0 Å². The van der Waals surface area contributed by atoms with Crippen molar-refractivity contribution < 1.29 is 4.52 Å². The van der Waals surface area contributed by atoms with Crippen molar-refractivity contribution in [1.29, 1.82) is 0 Å². The number of hydrogen-bond donors (Lipinski definition) is 0. The Balaban J connectivity index is 3.90. The summed E-state index contributed by atoms with van der Waals surface area (Å²) in [6.45, 7) is 9.27. The molecule has 0 aliphatic carbocycles. The van der Waals surface area contributed by atoms with Gasteiger partial charge in [0.25, 0.3) is 0 Å². The fraction of sp³-hybridized carbons (Fsp3) is 0.636. The third-order valence-corrected chi connectivity index (χ3v) is 2.56. The molecule has 0 saturated heterocycles. The highest BCUT2D eigenvalue weighted by molar-refractivity contribution is 8.00. The van der Waals surface area contributed by atoms with Crippen LogP contribution >= 0.6 is 17.4 Å². The largest absolute Gasteiger partial charge is 0.353 e. The van der Waals surface area contributed by atoms with Gasteiger partial charge in [0.15, 0.2) is 11.5 Å². The first-order valence-electron chi connectivity index (χ1n) is 4.86. The van der Waals surface area contributed by atoms with Gasteiger partial charge in [0.05, 0.1) is 0 Å². The summed E-state index contributed by atoms with van der Waals surface area (Å²) in [5, 5.41) is 0. The molecule has 0 spiro atoms. The average Bonchev–Trinajstić information content (AvgIpc) is 2.11. The van der Waals surface area contributed by atoms with Crippen LogP contribution in [0, 0.1) is 12.0 Å². The number of allylic oxidation sites excluding steroid dienone is 3. The zero-order valence-corrected chi connectivity index (χ0v) is 11.7. The smallest absolute Gasteiger partial charge is 0.227 e. The Labute approximate surface area is 92.3 Å². The van der Waals surface area contributed by atoms with Crippen molar-refractivity contribution in [3.8, 4) is 0 Å². The lowest BCUT2D eigenvalue weighted by atomic mass is 10.1. The molecule has 0 radical (unpaired) electrons. The molecule has 0 aromatic rings. The Morgan fingerprint density at radius 2 is 2.14 bits per heavy atom. The lowest BCUT2D eigenvalue weighted by molar-refractivity contribution is 0.324. The fourth-order valence-corrected chi connectivity index (χ4v) is 1.69. The maximum absolute atomic E-state index is 5.32. The summed E-state index contributed by atoms with van der Waals surface area (Å²) >= 11 is 0. The minimum Gasteiger partial charge on any atom is -0.353 e. The molecule has 0 bridgehead atoms. The molecular formula is C11H21OP2+. The predicted octanol–water partition coefficient (Wildman–Crippen LogP) is 4.13. The molecule has 0 heterocycles. The lowest BCUT2D eigenvalue weighted by Gasteiger charge is -1.96. The maximum Gasteiger partial charge on any atom is 0.227 e. The second kappa shape index (κ2) is 8.51. The minimum atomic E-state index is 0.397. The molecule has 1 nitrogen and oxygen atoms in total. The van der Waals surface area contributed by atoms with Crippen molar-refractivity contribution in [2.75, 3.05) is 6.61 Å². The van der Waals surface area contributed by atoms with Crippen molar-refractivity contribution >= 4 is 17.4 Å². The van der Waals surface area contributed by atoms with Gasteiger partial charge in [-0.1, -0.05) is 20.6 Å². The second-order valence-corrected chi connectivity index (χ2v) is 4.97. The molecule has 80 valence electrons. The molecule has 0 N–H and O–H groups in total. The van der Waals surface area contributed by atoms with Crippen LogP contribution in [0.5, 0.6) is 0 Å². The molecule has 3 atom stereocenters. The Morgan fingerprint density at radius 3 is 2.64 bits per heavy atom. The number of hydrogen-bond acceptors (Lipinski definition) is 1. The SMILES string of the molecule is CC(=[C+]C(C)COPP)CC=C(C)C. The third-order valence-electron chi connectivity index (χ3n) is 1.73. The van der Waals surface area contributed by atoms with Crippen molar-refractivity contribution in [1.82, 2.24) is 0 Å². The quantitative estimate of drug-likeness (QED) is 0.379. The third kappa shape index (κ3) is 8.79. The topological polar surface area (TPSA) is 9.23 Å². The summed E-state index contributed by atoms with van der Waals surface area (Å²) in [5.41, 5.74) is 2.66. The van der Waals surface area contributed by atoms with E-state index in [1.165, 1.54) is 11.1 Å². The average molecular weight is 231 g/mol. The predicted molar refractivity (Wildman–Crippen MR) is 69.6 cm³/mol. The van der Waals surface area contributed by atoms with Gasteiger partial charge in [0.2, 0.25) is 6.08 Å². The van der Waals surface area contributed by atoms with Gasteiger partial charge in [-0.25, -0.2) is 0 Å². The van der Waals surface area contributed by atoms with Gasteiger partial charge in [-0.15, -0.1) is 0 Å². The van der Waals surface area contributed by atoms with E-state index in [0.29, 0.717) is 14.4 Å². The highest BCUT2D eigenvalue weighted by atomic mass is 32.0. The van der Waals surface area contributed by atoms with Gasteiger partial charge < -0.3 is 4.52 Å². The fourth-order valence-electron chi connectivity index (χ4n) is 1.05. The molecule has 0 rings (SSSR count). The summed E-state index contributed by atoms with van der Waals surface area (Å²) < 4.78 is 5.32. The van der Waals surface area contributed by atoms with Crippen molar-refractivity contribution in [3.05, 3.63) is 23.3 Å². The highest BCUT2D eigenvalue weighted by Crippen LogP contribution is 2.22. The summed E-state index contributed by atoms with van der Waals surface area (Å²) in [6, 6.07) is 0. The maximum atomic E-state index is 5.32. The van der Waals surface area contributed by atoms with Gasteiger partial charge in [-0.3, -0.25) is 0 Å². The molecule has 0 saturated carbocycles. The molecule has 3 unspecified atom stereocenters. The molecule has 0 aromatic heterocycles. The van der Waals surface area contributed by atoms with E-state index in [-0.39, 0.29) is 0 Å². The van der Waals surface area contributed by atoms with E-state index in [1.54, 1.807) is 0 Å². The van der Waals surface area contributed by atoms with Crippen LogP contribution in [0.15, 0.2) is 17.2 Å². The van der Waals surface area contributed by atoms with E-state index >= 15 is 0 Å². The summed E-state index contributed by atoms with van der Waals surface area (Å²) in [5.74, 6) is 0.397. The molecule has 0 fully saturated rings. The second-order valence-electron chi connectivity index (χ2n) is 3.74. The standard InChI is InChI=1S/C11H21OP2/c1-9(2)5-6-10(3)7-11(4)8-12-14-13/h5,11,14H,6,8,13H2,1-4H3/q+1. The van der Waals surface area contributed by atoms with Crippen LogP contribution in [0.4, 0.5) is 0 Å². The van der Waals surface area contributed by atoms with Crippen LogP contribution in [0.2, 0.25) is 0 Å². The molecule has 3 heteroatoms. The highest BCUT2D eigenvalue weighted by Gasteiger charge is 2.13. The first-order chi connectivity index (χ1) is 6.56. The molecule has 14 heavy (non-hydrogen) atoms. The molecule has 0 aliphatic heterocycles. The van der Waals surface area contributed by atoms with E-state index in [4.69, 9.17) is 4.52 Å². The van der Waals surface area contributed by atoms with Crippen LogP contribution in [-0.4, -0.2) is 6.61 Å². The summed E-state index contributed by atoms with van der Waals surface area (Å²) in [7, 11) is 3.08. The Kier molecular flexibility index (Phi) is 8.64. The van der Waals surface area contributed by atoms with Crippen LogP contribution in [0.25, 0.3) is 0 Å². The van der Waals surface area contributed by atoms with E-state index in [2.05, 4.69) is 48.8 Å². The van der Waals surface area contributed by atoms with Crippen LogP contribution in [-0.2, 0) is 4.52 Å². The van der Waals surface area contributed by atoms with E-state index in [9.17, 15) is 0 Å². The van der Waals surface area contributed by atoms with Crippen molar-refractivity contribution in [2.24, 2.45) is 5.92 Å². The van der Waals surface area contributed by atoms with E-state index < -0.39 is 0 Å². The van der Waals surface area contributed by atoms with Crippen molar-refractivity contribution in [3.63, 3.8) is 0 Å². The van der Waals surface area contributed by atoms with Crippen molar-refractivity contribution in [2.45, 2.75) is 34.1 Å². The summed E-state index contributed by atoms with van der Waals surface area (Å²) in [4.78, 5) is 0. The zero-order valence-electron chi connectivity index (χ0n) is 9.55. The molecule has 0 aliphatic rings. The number of rotatable bonds is 6. The van der Waals surface area contributed by atoms with E-state index in [1.807, 2.05) is 0 Å². The van der Waals surface area contributed by atoms with Gasteiger partial charge in [0.1, 0.15) is 6.61 Å². The van der Waals surface area contributed by atoms with Gasteiger partial charge in [-0.05, 0) is 20.8 Å². The Hall–Kier alpha value is 0.210. The Bertz CT molecular complexity index is 205. The van der Waals surface area contributed by atoms with Gasteiger partial charge in [0, 0.05) is 21.8 Å².